The number of nitrogens with one attached hydrogen (secondary N) is 2. The van der Waals surface area contributed by atoms with Gasteiger partial charge in [-0.2, -0.15) is 17.6 Å². The molecule has 1 aliphatic rings. The normalized spacial score (nSPS) is 24.9. The van der Waals surface area contributed by atoms with Crippen molar-refractivity contribution in [3.8, 4) is 5.75 Å². The summed E-state index contributed by atoms with van der Waals surface area (Å²) in [5.41, 5.74) is -4.27. The molecule has 0 aliphatic carbocycles. The van der Waals surface area contributed by atoms with Crippen molar-refractivity contribution in [2.45, 2.75) is 44.6 Å². The number of pyridine rings is 1. The van der Waals surface area contributed by atoms with Gasteiger partial charge in [0.25, 0.3) is 5.91 Å². The lowest BCUT2D eigenvalue weighted by Gasteiger charge is -2.32. The van der Waals surface area contributed by atoms with E-state index < -0.39 is 63.5 Å². The zero-order valence-corrected chi connectivity index (χ0v) is 19.5. The fourth-order valence-electron chi connectivity index (χ4n) is 4.38. The molecule has 1 aliphatic heterocycles. The van der Waals surface area contributed by atoms with Crippen molar-refractivity contribution in [2.24, 2.45) is 5.92 Å². The molecule has 2 aromatic rings. The van der Waals surface area contributed by atoms with Crippen LogP contribution in [0, 0.1) is 24.5 Å². The van der Waals surface area contributed by atoms with E-state index in [9.17, 15) is 31.5 Å². The van der Waals surface area contributed by atoms with Gasteiger partial charge < -0.3 is 19.8 Å². The summed E-state index contributed by atoms with van der Waals surface area (Å²) in [5, 5.41) is 1.73. The molecule has 1 amide bonds. The highest BCUT2D eigenvalue weighted by molar-refractivity contribution is 6.31. The van der Waals surface area contributed by atoms with Crippen molar-refractivity contribution in [1.29, 1.82) is 0 Å². The largest absolute Gasteiger partial charge is 0.493 e. The van der Waals surface area contributed by atoms with Crippen LogP contribution >= 0.6 is 11.6 Å². The minimum Gasteiger partial charge on any atom is -0.493 e. The van der Waals surface area contributed by atoms with E-state index in [4.69, 9.17) is 21.1 Å². The SMILES string of the molecule is CNC(=O)c1c(C)[nH]c([C@@H]2O[C@@](C)(C(F)(F)F)[C@@H](C)[C@H]2c2ccc(F)c(F)c2OC)c(Cl)c1=O. The van der Waals surface area contributed by atoms with Crippen LogP contribution < -0.4 is 15.5 Å². The Morgan fingerprint density at radius 1 is 1.29 bits per heavy atom. The fourth-order valence-corrected chi connectivity index (χ4v) is 4.63. The third kappa shape index (κ3) is 3.84. The molecule has 34 heavy (non-hydrogen) atoms. The Bertz CT molecular complexity index is 1200. The Kier molecular flexibility index (Phi) is 6.75. The van der Waals surface area contributed by atoms with Crippen molar-refractivity contribution >= 4 is 17.5 Å². The minimum atomic E-state index is -4.87. The summed E-state index contributed by atoms with van der Waals surface area (Å²) in [6.07, 6.45) is -6.41. The van der Waals surface area contributed by atoms with Crippen molar-refractivity contribution in [2.75, 3.05) is 14.2 Å². The van der Waals surface area contributed by atoms with E-state index in [0.29, 0.717) is 0 Å². The van der Waals surface area contributed by atoms with Crippen LogP contribution in [-0.2, 0) is 4.74 Å². The first-order chi connectivity index (χ1) is 15.7. The lowest BCUT2D eigenvalue weighted by molar-refractivity contribution is -0.275. The Labute approximate surface area is 196 Å². The zero-order valence-electron chi connectivity index (χ0n) is 18.8. The summed E-state index contributed by atoms with van der Waals surface area (Å²) in [7, 11) is 2.35. The van der Waals surface area contributed by atoms with E-state index in [0.717, 1.165) is 26.2 Å². The third-order valence-electron chi connectivity index (χ3n) is 6.41. The van der Waals surface area contributed by atoms with E-state index in [-0.39, 0.29) is 22.5 Å². The highest BCUT2D eigenvalue weighted by Crippen LogP contribution is 2.59. The fraction of sp³-hybridized carbons (Fsp3) is 0.455. The summed E-state index contributed by atoms with van der Waals surface area (Å²) < 4.78 is 81.2. The lowest BCUT2D eigenvalue weighted by atomic mass is 9.76. The van der Waals surface area contributed by atoms with Gasteiger partial charge in [0.05, 0.1) is 12.8 Å². The number of ether oxygens (including phenoxy) is 2. The molecule has 0 saturated carbocycles. The molecule has 2 heterocycles. The number of carbonyl (C=O) groups is 1. The van der Waals surface area contributed by atoms with Crippen LogP contribution in [0.25, 0.3) is 0 Å². The Balaban J connectivity index is 2.32. The van der Waals surface area contributed by atoms with Gasteiger partial charge >= 0.3 is 6.18 Å². The molecule has 2 N–H and O–H groups in total. The van der Waals surface area contributed by atoms with Crippen LogP contribution in [0.2, 0.25) is 5.02 Å². The molecule has 0 spiro atoms. The number of H-pyrrole nitrogens is 1. The molecule has 3 rings (SSSR count). The second kappa shape index (κ2) is 8.84. The average Bonchev–Trinajstić information content (AvgIpc) is 3.04. The first-order valence-electron chi connectivity index (χ1n) is 10.1. The van der Waals surface area contributed by atoms with Crippen molar-refractivity contribution in [3.05, 3.63) is 61.5 Å². The second-order valence-electron chi connectivity index (χ2n) is 8.20. The van der Waals surface area contributed by atoms with Crippen LogP contribution in [0.5, 0.6) is 5.75 Å². The average molecular weight is 509 g/mol. The highest BCUT2D eigenvalue weighted by Gasteiger charge is 2.65. The molecular weight excluding hydrogens is 487 g/mol. The van der Waals surface area contributed by atoms with E-state index in [1.54, 1.807) is 0 Å². The van der Waals surface area contributed by atoms with Gasteiger partial charge in [0.2, 0.25) is 11.2 Å². The molecule has 12 heteroatoms. The number of hydrogen-bond donors (Lipinski definition) is 2. The predicted octanol–water partition coefficient (Wildman–Crippen LogP) is 4.80. The molecule has 0 radical (unpaired) electrons. The number of aromatic nitrogens is 1. The monoisotopic (exact) mass is 508 g/mol. The quantitative estimate of drug-likeness (QED) is 0.582. The number of carbonyl (C=O) groups excluding carboxylic acids is 1. The number of aryl methyl sites for hydroxylation is 1. The summed E-state index contributed by atoms with van der Waals surface area (Å²) in [6.45, 7) is 3.45. The van der Waals surface area contributed by atoms with Crippen LogP contribution in [0.4, 0.5) is 22.0 Å². The van der Waals surface area contributed by atoms with Gasteiger partial charge in [-0.15, -0.1) is 0 Å². The van der Waals surface area contributed by atoms with E-state index >= 15 is 0 Å². The molecule has 1 aromatic carbocycles. The predicted molar refractivity (Wildman–Crippen MR) is 113 cm³/mol. The molecule has 6 nitrogen and oxygen atoms in total. The topological polar surface area (TPSA) is 80.4 Å². The second-order valence-corrected chi connectivity index (χ2v) is 8.58. The van der Waals surface area contributed by atoms with Crippen LogP contribution in [0.3, 0.4) is 0 Å². The first kappa shape index (κ1) is 26.0. The maximum Gasteiger partial charge on any atom is 0.417 e. The van der Waals surface area contributed by atoms with Crippen LogP contribution in [0.15, 0.2) is 16.9 Å². The summed E-state index contributed by atoms with van der Waals surface area (Å²) >= 11 is 6.24. The van der Waals surface area contributed by atoms with Crippen molar-refractivity contribution < 1.29 is 36.2 Å². The molecule has 1 aromatic heterocycles. The zero-order chi connectivity index (χ0) is 25.7. The molecule has 186 valence electrons. The minimum absolute atomic E-state index is 0.0385. The lowest BCUT2D eigenvalue weighted by Crippen LogP contribution is -2.46. The van der Waals surface area contributed by atoms with Gasteiger partial charge in [0, 0.05) is 30.1 Å². The molecule has 1 saturated heterocycles. The molecule has 0 bridgehead atoms. The summed E-state index contributed by atoms with van der Waals surface area (Å²) in [5.74, 6) is -6.58. The molecular formula is C22H22ClF5N2O4. The van der Waals surface area contributed by atoms with Crippen molar-refractivity contribution in [3.63, 3.8) is 0 Å². The van der Waals surface area contributed by atoms with Crippen molar-refractivity contribution in [1.82, 2.24) is 10.3 Å². The van der Waals surface area contributed by atoms with Gasteiger partial charge in [-0.3, -0.25) is 9.59 Å². The van der Waals surface area contributed by atoms with Crippen LogP contribution in [0.1, 0.15) is 53.2 Å². The number of amides is 1. The van der Waals surface area contributed by atoms with Gasteiger partial charge in [0.1, 0.15) is 16.7 Å². The molecule has 0 unspecified atom stereocenters. The number of hydrogen-bond acceptors (Lipinski definition) is 4. The van der Waals surface area contributed by atoms with E-state index in [1.165, 1.54) is 20.9 Å². The van der Waals surface area contributed by atoms with Gasteiger partial charge in [-0.05, 0) is 19.9 Å². The van der Waals surface area contributed by atoms with Crippen LogP contribution in [-0.4, -0.2) is 36.8 Å². The number of methoxy groups -OCH3 is 1. The Morgan fingerprint density at radius 2 is 1.91 bits per heavy atom. The van der Waals surface area contributed by atoms with Gasteiger partial charge in [0.15, 0.2) is 17.2 Å². The van der Waals surface area contributed by atoms with E-state index in [2.05, 4.69) is 10.3 Å². The van der Waals surface area contributed by atoms with Gasteiger partial charge in [-0.25, -0.2) is 4.39 Å². The number of aromatic amines is 1. The Hall–Kier alpha value is -2.66. The molecule has 4 atom stereocenters. The van der Waals surface area contributed by atoms with E-state index in [1.807, 2.05) is 0 Å². The third-order valence-corrected chi connectivity index (χ3v) is 6.79. The summed E-state index contributed by atoms with van der Waals surface area (Å²) in [4.78, 5) is 27.7. The first-order valence-corrected chi connectivity index (χ1v) is 10.5. The number of benzene rings is 1. The maximum atomic E-state index is 14.5. The van der Waals surface area contributed by atoms with Gasteiger partial charge in [-0.1, -0.05) is 24.6 Å². The maximum absolute atomic E-state index is 14.5. The molecule has 1 fully saturated rings. The number of halogens is 6. The Morgan fingerprint density at radius 3 is 2.44 bits per heavy atom. The standard InChI is InChI=1S/C22H22ClF5N2O4/c1-8-12(10-6-7-11(24)15(25)18(10)33-5)19(34-21(8,3)22(26,27)28)16-14(23)17(31)13(9(2)30-16)20(32)29-4/h6-8,12,19H,1-5H3,(H,29,32)(H,30,31)/t8-,12-,19+,21+/m0/s1. The smallest absolute Gasteiger partial charge is 0.417 e. The number of rotatable bonds is 4. The number of alkyl halides is 3. The summed E-state index contributed by atoms with van der Waals surface area (Å²) in [6, 6.07) is 1.87. The highest BCUT2D eigenvalue weighted by atomic mass is 35.5.